The van der Waals surface area contributed by atoms with Gasteiger partial charge >= 0.3 is 0 Å². The summed E-state index contributed by atoms with van der Waals surface area (Å²) in [6.45, 7) is 5.76. The molecule has 1 rings (SSSR count). The first-order valence-corrected chi connectivity index (χ1v) is 4.64. The normalized spacial score (nSPS) is 10.8. The Hall–Kier alpha value is 0.0900. The predicted octanol–water partition coefficient (Wildman–Crippen LogP) is 4.58. The summed E-state index contributed by atoms with van der Waals surface area (Å²) in [5.41, 5.74) is 0.811. The van der Waals surface area contributed by atoms with Crippen LogP contribution >= 0.6 is 34.8 Å². The molecule has 1 atom stereocenters. The second-order valence-corrected chi connectivity index (χ2v) is 3.85. The maximum atomic E-state index is 5.94. The number of benzene rings is 1. The van der Waals surface area contributed by atoms with Crippen LogP contribution < -0.4 is 0 Å². The Morgan fingerprint density at radius 1 is 1.17 bits per heavy atom. The smallest absolute Gasteiger partial charge is 0.0641 e. The lowest BCUT2D eigenvalue weighted by atomic mass is 10.0. The van der Waals surface area contributed by atoms with Crippen molar-refractivity contribution >= 4 is 34.8 Å². The van der Waals surface area contributed by atoms with E-state index in [0.29, 0.717) is 15.1 Å². The van der Waals surface area contributed by atoms with E-state index in [1.165, 1.54) is 0 Å². The second-order valence-electron chi connectivity index (χ2n) is 2.66. The van der Waals surface area contributed by atoms with Crippen molar-refractivity contribution in [2.75, 3.05) is 0 Å². The van der Waals surface area contributed by atoms with Crippen molar-refractivity contribution in [1.29, 1.82) is 0 Å². The molecular formula is C9H8Cl3. The van der Waals surface area contributed by atoms with Gasteiger partial charge in [0.05, 0.1) is 10.0 Å². The zero-order valence-electron chi connectivity index (χ0n) is 6.57. The van der Waals surface area contributed by atoms with Gasteiger partial charge in [-0.15, -0.1) is 0 Å². The molecule has 0 heterocycles. The molecule has 0 saturated carbocycles. The van der Waals surface area contributed by atoms with Gasteiger partial charge in [-0.25, -0.2) is 0 Å². The summed E-state index contributed by atoms with van der Waals surface area (Å²) >= 11 is 17.7. The number of hydrogen-bond acceptors (Lipinski definition) is 0. The van der Waals surface area contributed by atoms with Crippen LogP contribution in [0.2, 0.25) is 15.1 Å². The van der Waals surface area contributed by atoms with Gasteiger partial charge < -0.3 is 0 Å². The maximum Gasteiger partial charge on any atom is 0.0641 e. The summed E-state index contributed by atoms with van der Waals surface area (Å²) in [4.78, 5) is 0. The fourth-order valence-electron chi connectivity index (χ4n) is 0.994. The average Bonchev–Trinajstić information content (AvgIpc) is 1.97. The highest BCUT2D eigenvalue weighted by molar-refractivity contribution is 6.44. The summed E-state index contributed by atoms with van der Waals surface area (Å²) < 4.78 is 0. The Balaban J connectivity index is 3.33. The monoisotopic (exact) mass is 221 g/mol. The van der Waals surface area contributed by atoms with Crippen LogP contribution in [0, 0.1) is 6.92 Å². The van der Waals surface area contributed by atoms with E-state index in [0.717, 1.165) is 5.56 Å². The van der Waals surface area contributed by atoms with E-state index >= 15 is 0 Å². The van der Waals surface area contributed by atoms with E-state index in [1.807, 2.05) is 6.92 Å². The van der Waals surface area contributed by atoms with Gasteiger partial charge in [0.25, 0.3) is 0 Å². The highest BCUT2D eigenvalue weighted by Crippen LogP contribution is 2.35. The summed E-state index contributed by atoms with van der Waals surface area (Å²) in [6, 6.07) is 3.41. The standard InChI is InChI=1S/C9H8Cl3/c1-5(2)8-6(10)3-4-7(11)9(8)12/h3-5H,1H2,2H3. The molecule has 65 valence electrons. The summed E-state index contributed by atoms with van der Waals surface area (Å²) in [6.07, 6.45) is 0. The SMILES string of the molecule is [CH2]C(C)c1c(Cl)ccc(Cl)c1Cl. The minimum Gasteiger partial charge on any atom is -0.0840 e. The Morgan fingerprint density at radius 3 is 2.08 bits per heavy atom. The van der Waals surface area contributed by atoms with Crippen LogP contribution in [0.25, 0.3) is 0 Å². The van der Waals surface area contributed by atoms with Crippen molar-refractivity contribution in [3.8, 4) is 0 Å². The molecule has 0 nitrogen and oxygen atoms in total. The fourth-order valence-corrected chi connectivity index (χ4v) is 1.90. The largest absolute Gasteiger partial charge is 0.0840 e. The predicted molar refractivity (Wildman–Crippen MR) is 55.2 cm³/mol. The summed E-state index contributed by atoms with van der Waals surface area (Å²) in [5, 5.41) is 1.64. The van der Waals surface area contributed by atoms with E-state index in [4.69, 9.17) is 34.8 Å². The Morgan fingerprint density at radius 2 is 1.67 bits per heavy atom. The summed E-state index contributed by atoms with van der Waals surface area (Å²) in [5.74, 6) is 0.0451. The second kappa shape index (κ2) is 3.87. The zero-order chi connectivity index (χ0) is 9.30. The molecule has 0 aromatic heterocycles. The van der Waals surface area contributed by atoms with Crippen molar-refractivity contribution in [3.63, 3.8) is 0 Å². The van der Waals surface area contributed by atoms with Gasteiger partial charge in [0.2, 0.25) is 0 Å². The highest BCUT2D eigenvalue weighted by atomic mass is 35.5. The summed E-state index contributed by atoms with van der Waals surface area (Å²) in [7, 11) is 0. The molecule has 1 aromatic carbocycles. The average molecular weight is 223 g/mol. The minimum absolute atomic E-state index is 0.0451. The lowest BCUT2D eigenvalue weighted by Crippen LogP contribution is -1.91. The van der Waals surface area contributed by atoms with Crippen molar-refractivity contribution in [3.05, 3.63) is 39.7 Å². The molecule has 3 heteroatoms. The van der Waals surface area contributed by atoms with Crippen LogP contribution in [-0.4, -0.2) is 0 Å². The van der Waals surface area contributed by atoms with E-state index in [-0.39, 0.29) is 5.92 Å². The molecule has 0 bridgehead atoms. The number of hydrogen-bond donors (Lipinski definition) is 0. The first-order valence-electron chi connectivity index (χ1n) is 3.50. The van der Waals surface area contributed by atoms with Crippen LogP contribution in [0.3, 0.4) is 0 Å². The van der Waals surface area contributed by atoms with E-state index in [9.17, 15) is 0 Å². The first-order chi connectivity index (χ1) is 5.54. The molecule has 0 spiro atoms. The molecule has 0 aliphatic carbocycles. The maximum absolute atomic E-state index is 5.94. The van der Waals surface area contributed by atoms with E-state index in [1.54, 1.807) is 12.1 Å². The third-order valence-corrected chi connectivity index (χ3v) is 2.72. The van der Waals surface area contributed by atoms with Gasteiger partial charge in [-0.2, -0.15) is 0 Å². The van der Waals surface area contributed by atoms with Gasteiger partial charge in [0.1, 0.15) is 0 Å². The van der Waals surface area contributed by atoms with Crippen LogP contribution in [0.5, 0.6) is 0 Å². The Kier molecular flexibility index (Phi) is 3.28. The third-order valence-electron chi connectivity index (χ3n) is 1.57. The Bertz CT molecular complexity index is 292. The fraction of sp³-hybridized carbons (Fsp3) is 0.222. The van der Waals surface area contributed by atoms with Crippen LogP contribution in [0.4, 0.5) is 0 Å². The van der Waals surface area contributed by atoms with Gasteiger partial charge in [0.15, 0.2) is 0 Å². The highest BCUT2D eigenvalue weighted by Gasteiger charge is 2.12. The van der Waals surface area contributed by atoms with Crippen molar-refractivity contribution in [2.45, 2.75) is 12.8 Å². The topological polar surface area (TPSA) is 0 Å². The third kappa shape index (κ3) is 1.87. The van der Waals surface area contributed by atoms with Gasteiger partial charge in [-0.05, 0) is 30.5 Å². The molecule has 0 aliphatic rings. The van der Waals surface area contributed by atoms with Crippen LogP contribution in [0.15, 0.2) is 12.1 Å². The zero-order valence-corrected chi connectivity index (χ0v) is 8.84. The molecule has 12 heavy (non-hydrogen) atoms. The number of halogens is 3. The van der Waals surface area contributed by atoms with Gasteiger partial charge in [-0.3, -0.25) is 0 Å². The minimum atomic E-state index is 0.0451. The lowest BCUT2D eigenvalue weighted by molar-refractivity contribution is 0.965. The van der Waals surface area contributed by atoms with Gasteiger partial charge in [-0.1, -0.05) is 41.7 Å². The van der Waals surface area contributed by atoms with Gasteiger partial charge in [0, 0.05) is 5.02 Å². The molecule has 1 aromatic rings. The molecule has 0 fully saturated rings. The quantitative estimate of drug-likeness (QED) is 0.610. The molecule has 0 amide bonds. The Labute approximate surface area is 87.4 Å². The van der Waals surface area contributed by atoms with E-state index in [2.05, 4.69) is 6.92 Å². The lowest BCUT2D eigenvalue weighted by Gasteiger charge is -2.10. The van der Waals surface area contributed by atoms with E-state index < -0.39 is 0 Å². The van der Waals surface area contributed by atoms with Crippen molar-refractivity contribution in [2.24, 2.45) is 0 Å². The molecule has 0 aliphatic heterocycles. The molecule has 0 saturated heterocycles. The number of rotatable bonds is 1. The van der Waals surface area contributed by atoms with Crippen LogP contribution in [0.1, 0.15) is 18.4 Å². The van der Waals surface area contributed by atoms with Crippen molar-refractivity contribution < 1.29 is 0 Å². The molecule has 1 unspecified atom stereocenters. The molecular weight excluding hydrogens is 214 g/mol. The molecule has 0 N–H and O–H groups in total. The van der Waals surface area contributed by atoms with Crippen LogP contribution in [-0.2, 0) is 0 Å². The molecule has 1 radical (unpaired) electrons. The first kappa shape index (κ1) is 10.2. The van der Waals surface area contributed by atoms with Crippen molar-refractivity contribution in [1.82, 2.24) is 0 Å².